The second-order valence-electron chi connectivity index (χ2n) is 12.1. The van der Waals surface area contributed by atoms with E-state index in [1.54, 1.807) is 28.8 Å². The van der Waals surface area contributed by atoms with Crippen LogP contribution in [0, 0.1) is 16.7 Å². The maximum Gasteiger partial charge on any atom is 0.227 e. The summed E-state index contributed by atoms with van der Waals surface area (Å²) in [5.41, 5.74) is 3.14. The van der Waals surface area contributed by atoms with Gasteiger partial charge in [0, 0.05) is 16.6 Å². The molecule has 2 atom stereocenters. The van der Waals surface area contributed by atoms with Crippen molar-refractivity contribution >= 4 is 31.9 Å². The van der Waals surface area contributed by atoms with Gasteiger partial charge in [0.25, 0.3) is 0 Å². The Labute approximate surface area is 205 Å². The van der Waals surface area contributed by atoms with E-state index >= 15 is 0 Å². The average Bonchev–Trinajstić information content (AvgIpc) is 3.22. The molecule has 0 saturated heterocycles. The Morgan fingerprint density at radius 2 is 1.57 bits per heavy atom. The fourth-order valence-electron chi connectivity index (χ4n) is 8.56. The van der Waals surface area contributed by atoms with Crippen molar-refractivity contribution < 1.29 is 8.42 Å². The Balaban J connectivity index is 1.41. The quantitative estimate of drug-likeness (QED) is 0.390. The maximum absolute atomic E-state index is 13.5. The van der Waals surface area contributed by atoms with Crippen molar-refractivity contribution in [1.82, 2.24) is 14.8 Å². The summed E-state index contributed by atoms with van der Waals surface area (Å²) in [4.78, 5) is 0.229. The molecule has 0 aliphatic heterocycles. The van der Waals surface area contributed by atoms with Gasteiger partial charge in [0.1, 0.15) is 5.52 Å². The fraction of sp³-hybridized carbons (Fsp3) is 0.429. The molecule has 4 bridgehead atoms. The van der Waals surface area contributed by atoms with Crippen LogP contribution in [0.15, 0.2) is 70.6 Å². The van der Waals surface area contributed by atoms with Crippen molar-refractivity contribution in [2.45, 2.75) is 67.8 Å². The van der Waals surface area contributed by atoms with E-state index in [9.17, 15) is 8.42 Å². The SMILES string of the molecule is CC12CC3CC(C)(C1)CC(Nc1cc4c(S(=O)(=O)c5ccccc5)nnn4c4ccccc14)(C3)C2. The number of nitrogens with one attached hydrogen (secondary N) is 1. The molecule has 0 radical (unpaired) electrons. The van der Waals surface area contributed by atoms with Crippen molar-refractivity contribution in [3.8, 4) is 0 Å². The van der Waals surface area contributed by atoms with E-state index in [4.69, 9.17) is 0 Å². The second-order valence-corrected chi connectivity index (χ2v) is 14.0. The lowest BCUT2D eigenvalue weighted by molar-refractivity contribution is -0.0972. The van der Waals surface area contributed by atoms with Gasteiger partial charge in [-0.2, -0.15) is 0 Å². The third-order valence-corrected chi connectivity index (χ3v) is 10.4. The summed E-state index contributed by atoms with van der Waals surface area (Å²) in [6.07, 6.45) is 7.49. The predicted molar refractivity (Wildman–Crippen MR) is 136 cm³/mol. The Morgan fingerprint density at radius 3 is 2.29 bits per heavy atom. The molecular formula is C28H30N4O2S. The second kappa shape index (κ2) is 6.84. The highest BCUT2D eigenvalue weighted by atomic mass is 32.2. The van der Waals surface area contributed by atoms with Crippen molar-refractivity contribution in [1.29, 1.82) is 0 Å². The number of rotatable bonds is 4. The van der Waals surface area contributed by atoms with Crippen molar-refractivity contribution in [2.24, 2.45) is 16.7 Å². The third-order valence-electron chi connectivity index (χ3n) is 8.71. The topological polar surface area (TPSA) is 76.4 Å². The molecular weight excluding hydrogens is 456 g/mol. The summed E-state index contributed by atoms with van der Waals surface area (Å²) in [5, 5.41) is 13.5. The maximum atomic E-state index is 13.5. The van der Waals surface area contributed by atoms with Crippen LogP contribution in [0.3, 0.4) is 0 Å². The van der Waals surface area contributed by atoms with E-state index in [1.807, 2.05) is 30.3 Å². The normalized spacial score (nSPS) is 31.9. The first-order chi connectivity index (χ1) is 16.7. The minimum Gasteiger partial charge on any atom is -0.379 e. The highest BCUT2D eigenvalue weighted by Crippen LogP contribution is 2.67. The molecule has 8 rings (SSSR count). The van der Waals surface area contributed by atoms with Crippen LogP contribution in [-0.2, 0) is 9.84 Å². The Hall–Kier alpha value is -2.93. The van der Waals surface area contributed by atoms with Crippen LogP contribution in [0.2, 0.25) is 0 Å². The largest absolute Gasteiger partial charge is 0.379 e. The minimum atomic E-state index is -3.80. The van der Waals surface area contributed by atoms with Gasteiger partial charge in [-0.1, -0.05) is 55.5 Å². The Kier molecular flexibility index (Phi) is 4.18. The Morgan fingerprint density at radius 1 is 0.886 bits per heavy atom. The molecule has 4 saturated carbocycles. The molecule has 4 fully saturated rings. The number of pyridine rings is 1. The van der Waals surface area contributed by atoms with Crippen molar-refractivity contribution in [2.75, 3.05) is 5.32 Å². The van der Waals surface area contributed by atoms with Gasteiger partial charge in [-0.25, -0.2) is 12.9 Å². The number of anilines is 1. The number of sulfone groups is 1. The summed E-state index contributed by atoms with van der Waals surface area (Å²) in [6.45, 7) is 4.94. The Bertz CT molecular complexity index is 1580. The van der Waals surface area contributed by atoms with Gasteiger partial charge in [0.2, 0.25) is 14.9 Å². The van der Waals surface area contributed by atoms with E-state index in [1.165, 1.54) is 25.7 Å². The van der Waals surface area contributed by atoms with Crippen LogP contribution in [0.5, 0.6) is 0 Å². The molecule has 4 aromatic rings. The minimum absolute atomic E-state index is 0.00180. The number of benzene rings is 2. The van der Waals surface area contributed by atoms with Crippen molar-refractivity contribution in [3.63, 3.8) is 0 Å². The molecule has 2 aromatic heterocycles. The lowest BCUT2D eigenvalue weighted by Gasteiger charge is -2.65. The fourth-order valence-corrected chi connectivity index (χ4v) is 9.86. The van der Waals surface area contributed by atoms with Gasteiger partial charge in [-0.05, 0) is 79.5 Å². The van der Waals surface area contributed by atoms with E-state index < -0.39 is 9.84 Å². The molecule has 4 aliphatic carbocycles. The molecule has 1 N–H and O–H groups in total. The van der Waals surface area contributed by atoms with Crippen molar-refractivity contribution in [3.05, 3.63) is 60.7 Å². The first-order valence-electron chi connectivity index (χ1n) is 12.5. The number of hydrogen-bond donors (Lipinski definition) is 1. The first kappa shape index (κ1) is 21.4. The molecule has 0 amide bonds. The van der Waals surface area contributed by atoms with Gasteiger partial charge >= 0.3 is 0 Å². The summed E-state index contributed by atoms with van der Waals surface area (Å²) in [5.74, 6) is 0.759. The van der Waals surface area contributed by atoms with E-state index in [0.717, 1.165) is 35.3 Å². The average molecular weight is 487 g/mol. The number of hydrogen-bond acceptors (Lipinski definition) is 5. The molecule has 2 heterocycles. The van der Waals surface area contributed by atoms with Gasteiger partial charge in [-0.15, -0.1) is 5.10 Å². The van der Waals surface area contributed by atoms with Crippen LogP contribution in [-0.4, -0.2) is 28.8 Å². The molecule has 2 unspecified atom stereocenters. The van der Waals surface area contributed by atoms with Gasteiger partial charge in [-0.3, -0.25) is 0 Å². The monoisotopic (exact) mass is 486 g/mol. The number of fused-ring (bicyclic) bond motifs is 3. The van der Waals surface area contributed by atoms with E-state index in [-0.39, 0.29) is 15.5 Å². The van der Waals surface area contributed by atoms with E-state index in [0.29, 0.717) is 16.3 Å². The zero-order valence-electron chi connectivity index (χ0n) is 20.2. The molecule has 7 heteroatoms. The van der Waals surface area contributed by atoms with Crippen LogP contribution in [0.1, 0.15) is 52.4 Å². The summed E-state index contributed by atoms with van der Waals surface area (Å²) >= 11 is 0. The molecule has 0 spiro atoms. The third kappa shape index (κ3) is 3.17. The van der Waals surface area contributed by atoms with Crippen LogP contribution >= 0.6 is 0 Å². The molecule has 2 aromatic carbocycles. The van der Waals surface area contributed by atoms with Crippen LogP contribution in [0.25, 0.3) is 16.4 Å². The first-order valence-corrected chi connectivity index (χ1v) is 14.0. The van der Waals surface area contributed by atoms with Gasteiger partial charge < -0.3 is 5.32 Å². The molecule has 35 heavy (non-hydrogen) atoms. The summed E-state index contributed by atoms with van der Waals surface area (Å²) in [6, 6.07) is 18.5. The van der Waals surface area contributed by atoms with Crippen LogP contribution in [0.4, 0.5) is 5.69 Å². The molecule has 6 nitrogen and oxygen atoms in total. The lowest BCUT2D eigenvalue weighted by Crippen LogP contribution is -2.61. The van der Waals surface area contributed by atoms with Gasteiger partial charge in [0.05, 0.1) is 10.4 Å². The standard InChI is InChI=1S/C28H30N4O2S/c1-26-13-19-14-27(2,16-26)18-28(15-19,17-26)29-22-12-24-25(35(33,34)20-8-4-3-5-9-20)30-31-32(24)23-11-7-6-10-21(22)23/h3-12,19,29H,13-18H2,1-2H3. The smallest absolute Gasteiger partial charge is 0.227 e. The van der Waals surface area contributed by atoms with Gasteiger partial charge in [0.15, 0.2) is 0 Å². The summed E-state index contributed by atoms with van der Waals surface area (Å²) < 4.78 is 28.7. The number of aromatic nitrogens is 3. The lowest BCUT2D eigenvalue weighted by atomic mass is 9.43. The number of nitrogens with zero attached hydrogens (tertiary/aromatic N) is 3. The molecule has 180 valence electrons. The zero-order valence-corrected chi connectivity index (χ0v) is 21.0. The highest BCUT2D eigenvalue weighted by Gasteiger charge is 2.60. The predicted octanol–water partition coefficient (Wildman–Crippen LogP) is 5.88. The highest BCUT2D eigenvalue weighted by molar-refractivity contribution is 7.91. The summed E-state index contributed by atoms with van der Waals surface area (Å²) in [7, 11) is -3.80. The van der Waals surface area contributed by atoms with Crippen LogP contribution < -0.4 is 5.32 Å². The van der Waals surface area contributed by atoms with E-state index in [2.05, 4.69) is 35.5 Å². The number of para-hydroxylation sites is 1. The molecule has 4 aliphatic rings. The zero-order chi connectivity index (χ0) is 24.1.